The molecule has 0 aliphatic rings. The van der Waals surface area contributed by atoms with Gasteiger partial charge in [0.1, 0.15) is 0 Å². The summed E-state index contributed by atoms with van der Waals surface area (Å²) in [5.74, 6) is -1.35. The molecular weight excluding hydrogens is 340 g/mol. The summed E-state index contributed by atoms with van der Waals surface area (Å²) in [5.41, 5.74) is 1.50. The molecule has 0 fully saturated rings. The molecule has 0 spiro atoms. The number of amides is 2. The molecule has 132 valence electrons. The van der Waals surface area contributed by atoms with Crippen molar-refractivity contribution in [2.75, 3.05) is 18.5 Å². The lowest BCUT2D eigenvalue weighted by atomic mass is 9.93. The predicted molar refractivity (Wildman–Crippen MR) is 98.6 cm³/mol. The summed E-state index contributed by atoms with van der Waals surface area (Å²) < 4.78 is 0. The first-order valence-corrected chi connectivity index (χ1v) is 8.49. The Bertz CT molecular complexity index is 707. The zero-order valence-corrected chi connectivity index (χ0v) is 14.5. The zero-order valence-electron chi connectivity index (χ0n) is 13.7. The predicted octanol–water partition coefficient (Wildman–Crippen LogP) is 2.95. The van der Waals surface area contributed by atoms with Crippen LogP contribution < -0.4 is 10.6 Å². The fourth-order valence-electron chi connectivity index (χ4n) is 2.54. The van der Waals surface area contributed by atoms with Crippen LogP contribution in [0.2, 0.25) is 5.02 Å². The second-order valence-corrected chi connectivity index (χ2v) is 6.01. The highest BCUT2D eigenvalue weighted by Gasteiger charge is 2.16. The number of hydrogen-bond donors (Lipinski definition) is 3. The number of halogens is 1. The van der Waals surface area contributed by atoms with Gasteiger partial charge >= 0.3 is 11.8 Å². The van der Waals surface area contributed by atoms with Gasteiger partial charge in [-0.15, -0.1) is 0 Å². The highest BCUT2D eigenvalue weighted by atomic mass is 35.5. The fraction of sp³-hybridized carbons (Fsp3) is 0.263. The minimum absolute atomic E-state index is 0.0699. The third-order valence-electron chi connectivity index (χ3n) is 3.86. The van der Waals surface area contributed by atoms with Gasteiger partial charge in [-0.25, -0.2) is 0 Å². The zero-order chi connectivity index (χ0) is 18.1. The molecule has 0 bridgehead atoms. The average molecular weight is 361 g/mol. The van der Waals surface area contributed by atoms with Crippen LogP contribution in [-0.2, 0) is 9.59 Å². The van der Waals surface area contributed by atoms with E-state index in [2.05, 4.69) is 10.6 Å². The number of aliphatic hydroxyl groups is 1. The summed E-state index contributed by atoms with van der Waals surface area (Å²) in [6.45, 7) is 0.412. The van der Waals surface area contributed by atoms with Crippen molar-refractivity contribution in [3.05, 3.63) is 65.2 Å². The van der Waals surface area contributed by atoms with Gasteiger partial charge in [-0.1, -0.05) is 54.1 Å². The molecule has 0 saturated carbocycles. The van der Waals surface area contributed by atoms with Gasteiger partial charge in [0.25, 0.3) is 0 Å². The van der Waals surface area contributed by atoms with E-state index in [1.807, 2.05) is 30.3 Å². The van der Waals surface area contributed by atoms with E-state index < -0.39 is 11.8 Å². The van der Waals surface area contributed by atoms with Crippen LogP contribution in [0.5, 0.6) is 0 Å². The SMILES string of the molecule is O=C(NCC[C@H](CCO)c1ccccc1)C(=O)Nc1ccccc1Cl. The Balaban J connectivity index is 1.84. The molecule has 2 aromatic rings. The molecule has 0 radical (unpaired) electrons. The van der Waals surface area contributed by atoms with Crippen molar-refractivity contribution < 1.29 is 14.7 Å². The minimum Gasteiger partial charge on any atom is -0.396 e. The summed E-state index contributed by atoms with van der Waals surface area (Å²) in [6, 6.07) is 16.5. The third-order valence-corrected chi connectivity index (χ3v) is 4.18. The molecule has 0 aliphatic heterocycles. The lowest BCUT2D eigenvalue weighted by Gasteiger charge is -2.16. The van der Waals surface area contributed by atoms with Crippen molar-refractivity contribution in [3.8, 4) is 0 Å². The van der Waals surface area contributed by atoms with Gasteiger partial charge in [-0.2, -0.15) is 0 Å². The molecule has 0 heterocycles. The summed E-state index contributed by atoms with van der Waals surface area (Å²) in [7, 11) is 0. The largest absolute Gasteiger partial charge is 0.396 e. The Hall–Kier alpha value is -2.37. The number of aliphatic hydroxyl groups excluding tert-OH is 1. The molecule has 2 amide bonds. The van der Waals surface area contributed by atoms with E-state index in [1.54, 1.807) is 24.3 Å². The van der Waals surface area contributed by atoms with Crippen molar-refractivity contribution in [1.29, 1.82) is 0 Å². The molecule has 0 aromatic heterocycles. The van der Waals surface area contributed by atoms with E-state index in [0.717, 1.165) is 5.56 Å². The quantitative estimate of drug-likeness (QED) is 0.664. The van der Waals surface area contributed by atoms with Crippen molar-refractivity contribution in [3.63, 3.8) is 0 Å². The second-order valence-electron chi connectivity index (χ2n) is 5.60. The Labute approximate surface area is 152 Å². The van der Waals surface area contributed by atoms with Crippen LogP contribution in [0.4, 0.5) is 5.69 Å². The van der Waals surface area contributed by atoms with Crippen LogP contribution >= 0.6 is 11.6 Å². The van der Waals surface area contributed by atoms with Gasteiger partial charge in [0.05, 0.1) is 10.7 Å². The highest BCUT2D eigenvalue weighted by Crippen LogP contribution is 2.22. The van der Waals surface area contributed by atoms with Crippen molar-refractivity contribution in [2.45, 2.75) is 18.8 Å². The van der Waals surface area contributed by atoms with Crippen molar-refractivity contribution >= 4 is 29.1 Å². The van der Waals surface area contributed by atoms with E-state index in [0.29, 0.717) is 30.1 Å². The average Bonchev–Trinajstić information content (AvgIpc) is 2.63. The number of hydrogen-bond acceptors (Lipinski definition) is 3. The van der Waals surface area contributed by atoms with Crippen molar-refractivity contribution in [2.24, 2.45) is 0 Å². The molecule has 0 aliphatic carbocycles. The molecule has 25 heavy (non-hydrogen) atoms. The number of carbonyl (C=O) groups is 2. The molecule has 3 N–H and O–H groups in total. The molecule has 2 rings (SSSR count). The van der Waals surface area contributed by atoms with Crippen LogP contribution in [0.15, 0.2) is 54.6 Å². The number of para-hydroxylation sites is 1. The Morgan fingerprint density at radius 3 is 2.32 bits per heavy atom. The smallest absolute Gasteiger partial charge is 0.313 e. The molecule has 0 unspecified atom stereocenters. The van der Waals surface area contributed by atoms with E-state index in [9.17, 15) is 14.7 Å². The minimum atomic E-state index is -0.758. The molecule has 6 heteroatoms. The highest BCUT2D eigenvalue weighted by molar-refractivity contribution is 6.41. The summed E-state index contributed by atoms with van der Waals surface area (Å²) in [6.07, 6.45) is 1.24. The van der Waals surface area contributed by atoms with E-state index in [1.165, 1.54) is 0 Å². The van der Waals surface area contributed by atoms with Crippen LogP contribution in [0.25, 0.3) is 0 Å². The summed E-state index contributed by atoms with van der Waals surface area (Å²) >= 11 is 5.95. The van der Waals surface area contributed by atoms with Crippen LogP contribution in [0.3, 0.4) is 0 Å². The molecule has 2 aromatic carbocycles. The number of benzene rings is 2. The standard InChI is InChI=1S/C19H21ClN2O3/c20-16-8-4-5-9-17(16)22-19(25)18(24)21-12-10-15(11-13-23)14-6-2-1-3-7-14/h1-9,15,23H,10-13H2,(H,21,24)(H,22,25)/t15-/m1/s1. The van der Waals surface area contributed by atoms with Gasteiger partial charge in [-0.05, 0) is 36.5 Å². The second kappa shape index (κ2) is 9.81. The van der Waals surface area contributed by atoms with E-state index in [-0.39, 0.29) is 12.5 Å². The first kappa shape index (κ1) is 19.0. The maximum absolute atomic E-state index is 11.9. The fourth-order valence-corrected chi connectivity index (χ4v) is 2.72. The van der Waals surface area contributed by atoms with E-state index >= 15 is 0 Å². The van der Waals surface area contributed by atoms with Crippen molar-refractivity contribution in [1.82, 2.24) is 5.32 Å². The number of nitrogens with one attached hydrogen (secondary N) is 2. The molecule has 1 atom stereocenters. The van der Waals surface area contributed by atoms with Gasteiger partial charge in [0.2, 0.25) is 0 Å². The third kappa shape index (κ3) is 5.89. The van der Waals surface area contributed by atoms with Gasteiger partial charge < -0.3 is 15.7 Å². The van der Waals surface area contributed by atoms with Gasteiger partial charge in [-0.3, -0.25) is 9.59 Å². The van der Waals surface area contributed by atoms with Crippen LogP contribution in [-0.4, -0.2) is 30.1 Å². The monoisotopic (exact) mass is 360 g/mol. The maximum atomic E-state index is 11.9. The maximum Gasteiger partial charge on any atom is 0.313 e. The first-order valence-electron chi connectivity index (χ1n) is 8.11. The van der Waals surface area contributed by atoms with Gasteiger partial charge in [0, 0.05) is 13.2 Å². The normalized spacial score (nSPS) is 11.6. The Morgan fingerprint density at radius 2 is 1.64 bits per heavy atom. The summed E-state index contributed by atoms with van der Waals surface area (Å²) in [4.78, 5) is 23.8. The summed E-state index contributed by atoms with van der Waals surface area (Å²) in [5, 5.41) is 14.7. The van der Waals surface area contributed by atoms with E-state index in [4.69, 9.17) is 11.6 Å². The first-order chi connectivity index (χ1) is 12.1. The Morgan fingerprint density at radius 1 is 0.960 bits per heavy atom. The Kier molecular flexibility index (Phi) is 7.44. The number of rotatable bonds is 7. The lowest BCUT2D eigenvalue weighted by molar-refractivity contribution is -0.136. The lowest BCUT2D eigenvalue weighted by Crippen LogP contribution is -2.36. The van der Waals surface area contributed by atoms with Crippen LogP contribution in [0.1, 0.15) is 24.3 Å². The van der Waals surface area contributed by atoms with Crippen LogP contribution in [0, 0.1) is 0 Å². The molecule has 5 nitrogen and oxygen atoms in total. The topological polar surface area (TPSA) is 78.4 Å². The number of carbonyl (C=O) groups excluding carboxylic acids is 2. The molecule has 0 saturated heterocycles. The van der Waals surface area contributed by atoms with Gasteiger partial charge in [0.15, 0.2) is 0 Å². The number of anilines is 1. The molecular formula is C19H21ClN2O3.